The highest BCUT2D eigenvalue weighted by Gasteiger charge is 2.29. The number of carbonyl (C=O) groups is 1. The maximum atomic E-state index is 13.7. The van der Waals surface area contributed by atoms with Gasteiger partial charge in [0.05, 0.1) is 29.1 Å². The molecule has 1 aromatic heterocycles. The normalized spacial score (nSPS) is 18.6. The number of aliphatic hydroxyl groups is 1. The number of aliphatic hydroxyl groups excluding tert-OH is 1. The van der Waals surface area contributed by atoms with E-state index in [9.17, 15) is 18.3 Å². The highest BCUT2D eigenvalue weighted by Crippen LogP contribution is 2.35. The molecule has 1 saturated carbocycles. The summed E-state index contributed by atoms with van der Waals surface area (Å²) in [6, 6.07) is 13.3. The van der Waals surface area contributed by atoms with E-state index in [0.29, 0.717) is 43.2 Å². The Kier molecular flexibility index (Phi) is 7.79. The average molecular weight is 539 g/mol. The second-order valence-corrected chi connectivity index (χ2v) is 12.8. The number of aromatic nitrogens is 1. The van der Waals surface area contributed by atoms with Gasteiger partial charge in [-0.2, -0.15) is 0 Å². The van der Waals surface area contributed by atoms with E-state index in [1.807, 2.05) is 36.4 Å². The number of carbonyl (C=O) groups excluding carboxylic acids is 1. The SMILES string of the molecule is CCCc1cn2c3c(cc(C(=O)N[C@@H](Cc4ccccc4)[C@H](O)CNC4CC4)cc13)N(C)S(=O)(=O)CCC2. The lowest BCUT2D eigenvalue weighted by molar-refractivity contribution is 0.0830. The summed E-state index contributed by atoms with van der Waals surface area (Å²) in [4.78, 5) is 13.7. The van der Waals surface area contributed by atoms with Gasteiger partial charge in [0.2, 0.25) is 10.0 Å². The lowest BCUT2D eigenvalue weighted by atomic mass is 9.99. The van der Waals surface area contributed by atoms with Crippen molar-refractivity contribution in [1.29, 1.82) is 0 Å². The van der Waals surface area contributed by atoms with Crippen molar-refractivity contribution in [3.8, 4) is 0 Å². The van der Waals surface area contributed by atoms with Crippen LogP contribution in [0.4, 0.5) is 5.69 Å². The van der Waals surface area contributed by atoms with Gasteiger partial charge in [-0.1, -0.05) is 43.7 Å². The first-order valence-corrected chi connectivity index (χ1v) is 15.3. The van der Waals surface area contributed by atoms with Gasteiger partial charge in [-0.05, 0) is 55.4 Å². The standard InChI is InChI=1S/C29H38N4O4S/c1-3-8-21-19-33-13-7-14-38(36,37)32(2)26-17-22(16-24(21)28(26)33)29(35)31-25(15-20-9-5-4-6-10-20)27(34)18-30-23-11-12-23/h4-6,9-10,16-17,19,23,25,27,30,34H,3,7-8,11-15,18H2,1-2H3,(H,31,35)/t25-,27+/m0/s1. The molecule has 38 heavy (non-hydrogen) atoms. The third kappa shape index (κ3) is 5.75. The molecule has 0 saturated heterocycles. The van der Waals surface area contributed by atoms with Crippen molar-refractivity contribution in [2.24, 2.45) is 0 Å². The van der Waals surface area contributed by atoms with Crippen LogP contribution >= 0.6 is 0 Å². The first kappa shape index (κ1) is 26.7. The van der Waals surface area contributed by atoms with Crippen molar-refractivity contribution in [2.75, 3.05) is 23.7 Å². The number of amides is 1. The fraction of sp³-hybridized carbons (Fsp3) is 0.483. The van der Waals surface area contributed by atoms with Crippen LogP contribution < -0.4 is 14.9 Å². The van der Waals surface area contributed by atoms with Gasteiger partial charge in [0.15, 0.2) is 0 Å². The minimum atomic E-state index is -3.50. The molecule has 1 aliphatic heterocycles. The molecular weight excluding hydrogens is 500 g/mol. The lowest BCUT2D eigenvalue weighted by Gasteiger charge is -2.26. The number of benzene rings is 2. The minimum absolute atomic E-state index is 0.0570. The quantitative estimate of drug-likeness (QED) is 0.368. The lowest BCUT2D eigenvalue weighted by Crippen LogP contribution is -2.49. The van der Waals surface area contributed by atoms with Gasteiger partial charge in [0.1, 0.15) is 0 Å². The molecule has 0 bridgehead atoms. The molecule has 2 aliphatic rings. The van der Waals surface area contributed by atoms with Crippen molar-refractivity contribution in [3.05, 3.63) is 65.4 Å². The Hall–Kier alpha value is -2.88. The number of anilines is 1. The van der Waals surface area contributed by atoms with E-state index in [0.717, 1.165) is 47.7 Å². The molecule has 2 atom stereocenters. The van der Waals surface area contributed by atoms with E-state index >= 15 is 0 Å². The number of nitrogens with zero attached hydrogens (tertiary/aromatic N) is 2. The summed E-state index contributed by atoms with van der Waals surface area (Å²) in [5.41, 5.74) is 3.90. The molecule has 0 spiro atoms. The van der Waals surface area contributed by atoms with E-state index < -0.39 is 22.2 Å². The molecule has 0 radical (unpaired) electrons. The van der Waals surface area contributed by atoms with Gasteiger partial charge in [0.25, 0.3) is 5.91 Å². The Bertz CT molecular complexity index is 1400. The van der Waals surface area contributed by atoms with Crippen molar-refractivity contribution < 1.29 is 18.3 Å². The summed E-state index contributed by atoms with van der Waals surface area (Å²) in [6.07, 6.45) is 6.37. The summed E-state index contributed by atoms with van der Waals surface area (Å²) < 4.78 is 29.5. The topological polar surface area (TPSA) is 104 Å². The van der Waals surface area contributed by atoms with Crippen LogP contribution in [0.3, 0.4) is 0 Å². The molecule has 2 heterocycles. The minimum Gasteiger partial charge on any atom is -0.390 e. The van der Waals surface area contributed by atoms with Crippen molar-refractivity contribution >= 4 is 32.5 Å². The van der Waals surface area contributed by atoms with E-state index in [1.165, 1.54) is 4.31 Å². The zero-order valence-corrected chi connectivity index (χ0v) is 23.0. The summed E-state index contributed by atoms with van der Waals surface area (Å²) in [5.74, 6) is -0.265. The van der Waals surface area contributed by atoms with Gasteiger partial charge in [-0.25, -0.2) is 8.42 Å². The predicted molar refractivity (Wildman–Crippen MR) is 151 cm³/mol. The van der Waals surface area contributed by atoms with Crippen LogP contribution in [0.1, 0.15) is 54.1 Å². The number of rotatable bonds is 10. The van der Waals surface area contributed by atoms with E-state index in [4.69, 9.17) is 0 Å². The number of aryl methyl sites for hydroxylation is 2. The second kappa shape index (κ2) is 11.1. The molecule has 204 valence electrons. The molecule has 2 aromatic carbocycles. The van der Waals surface area contributed by atoms with Crippen LogP contribution in [0.2, 0.25) is 0 Å². The first-order valence-electron chi connectivity index (χ1n) is 13.7. The van der Waals surface area contributed by atoms with E-state index in [-0.39, 0.29) is 11.7 Å². The van der Waals surface area contributed by atoms with Gasteiger partial charge >= 0.3 is 0 Å². The second-order valence-electron chi connectivity index (χ2n) is 10.6. The number of hydrogen-bond acceptors (Lipinski definition) is 5. The van der Waals surface area contributed by atoms with Gasteiger partial charge in [-0.15, -0.1) is 0 Å². The molecule has 5 rings (SSSR count). The largest absolute Gasteiger partial charge is 0.390 e. The van der Waals surface area contributed by atoms with Crippen LogP contribution in [0.15, 0.2) is 48.7 Å². The maximum Gasteiger partial charge on any atom is 0.251 e. The molecule has 9 heteroatoms. The van der Waals surface area contributed by atoms with Crippen molar-refractivity contribution in [1.82, 2.24) is 15.2 Å². The molecule has 3 aromatic rings. The van der Waals surface area contributed by atoms with Crippen molar-refractivity contribution in [2.45, 2.75) is 70.2 Å². The van der Waals surface area contributed by atoms with Crippen LogP contribution in [-0.4, -0.2) is 61.5 Å². The summed E-state index contributed by atoms with van der Waals surface area (Å²) in [6.45, 7) is 3.13. The highest BCUT2D eigenvalue weighted by atomic mass is 32.2. The molecule has 1 aliphatic carbocycles. The smallest absolute Gasteiger partial charge is 0.251 e. The van der Waals surface area contributed by atoms with Crippen LogP contribution in [-0.2, 0) is 29.4 Å². The Morgan fingerprint density at radius 1 is 1.18 bits per heavy atom. The Balaban J connectivity index is 1.50. The molecule has 1 amide bonds. The molecule has 1 fully saturated rings. The zero-order chi connectivity index (χ0) is 26.9. The molecule has 8 nitrogen and oxygen atoms in total. The predicted octanol–water partition coefficient (Wildman–Crippen LogP) is 3.22. The zero-order valence-electron chi connectivity index (χ0n) is 22.2. The Morgan fingerprint density at radius 2 is 1.95 bits per heavy atom. The first-order chi connectivity index (χ1) is 18.3. The Labute approximate surface area is 225 Å². The summed E-state index contributed by atoms with van der Waals surface area (Å²) >= 11 is 0. The maximum absolute atomic E-state index is 13.7. The van der Waals surface area contributed by atoms with Gasteiger partial charge in [-0.3, -0.25) is 9.10 Å². The number of nitrogens with one attached hydrogen (secondary N) is 2. The van der Waals surface area contributed by atoms with Crippen LogP contribution in [0.5, 0.6) is 0 Å². The van der Waals surface area contributed by atoms with Gasteiger partial charge < -0.3 is 20.3 Å². The summed E-state index contributed by atoms with van der Waals surface area (Å²) in [7, 11) is -1.93. The van der Waals surface area contributed by atoms with Crippen LogP contribution in [0.25, 0.3) is 10.9 Å². The molecular formula is C29H38N4O4S. The third-order valence-corrected chi connectivity index (χ3v) is 9.48. The number of sulfonamides is 1. The van der Waals surface area contributed by atoms with Crippen molar-refractivity contribution in [3.63, 3.8) is 0 Å². The van der Waals surface area contributed by atoms with E-state index in [1.54, 1.807) is 13.1 Å². The third-order valence-electron chi connectivity index (χ3n) is 7.65. The highest BCUT2D eigenvalue weighted by molar-refractivity contribution is 7.92. The average Bonchev–Trinajstić information content (AvgIpc) is 3.68. The molecule has 0 unspecified atom stereocenters. The van der Waals surface area contributed by atoms with Gasteiger partial charge in [0, 0.05) is 43.3 Å². The van der Waals surface area contributed by atoms with Crippen LogP contribution in [0, 0.1) is 0 Å². The fourth-order valence-corrected chi connectivity index (χ4v) is 6.53. The summed E-state index contributed by atoms with van der Waals surface area (Å²) in [5, 5.41) is 18.4. The monoisotopic (exact) mass is 538 g/mol. The fourth-order valence-electron chi connectivity index (χ4n) is 5.33. The Morgan fingerprint density at radius 3 is 2.66 bits per heavy atom. The van der Waals surface area contributed by atoms with E-state index in [2.05, 4.69) is 28.3 Å². The number of hydrogen-bond donors (Lipinski definition) is 3. The molecule has 3 N–H and O–H groups in total.